The van der Waals surface area contributed by atoms with Gasteiger partial charge in [-0.25, -0.2) is 13.1 Å². The van der Waals surface area contributed by atoms with Gasteiger partial charge >= 0.3 is 0 Å². The van der Waals surface area contributed by atoms with Gasteiger partial charge in [-0.2, -0.15) is 0 Å². The van der Waals surface area contributed by atoms with Crippen LogP contribution in [-0.4, -0.2) is 15.0 Å². The highest BCUT2D eigenvalue weighted by Crippen LogP contribution is 2.34. The number of hydrogen-bond donors (Lipinski definition) is 1. The Kier molecular flexibility index (Phi) is 3.52. The number of benzene rings is 2. The van der Waals surface area contributed by atoms with Gasteiger partial charge in [0.1, 0.15) is 0 Å². The van der Waals surface area contributed by atoms with Crippen LogP contribution in [0, 0.1) is 0 Å². The summed E-state index contributed by atoms with van der Waals surface area (Å²) in [6.45, 7) is 2.55. The molecular formula is C16H19NO2S. The Hall–Kier alpha value is -1.39. The standard InChI is InChI=1S/C16H19NO2S/c1-2-3-11-17-20(18,19)15-10-9-13-8-7-12-5-4-6-14(15)16(12)13/h4-6,9-10,17H,2-3,7-8,11H2,1H3. The molecule has 2 aromatic rings. The molecule has 0 unspecified atom stereocenters. The molecule has 0 saturated heterocycles. The van der Waals surface area contributed by atoms with E-state index in [-0.39, 0.29) is 0 Å². The van der Waals surface area contributed by atoms with Crippen molar-refractivity contribution < 1.29 is 8.42 Å². The third kappa shape index (κ3) is 2.23. The van der Waals surface area contributed by atoms with E-state index >= 15 is 0 Å². The summed E-state index contributed by atoms with van der Waals surface area (Å²) in [6, 6.07) is 9.69. The minimum atomic E-state index is -3.41. The van der Waals surface area contributed by atoms with E-state index in [4.69, 9.17) is 0 Å². The number of hydrogen-bond acceptors (Lipinski definition) is 2. The first-order valence-corrected chi connectivity index (χ1v) is 8.65. The molecule has 0 bridgehead atoms. The third-order valence-electron chi connectivity index (χ3n) is 3.95. The molecule has 0 aliphatic heterocycles. The fourth-order valence-electron chi connectivity index (χ4n) is 2.92. The maximum Gasteiger partial charge on any atom is 0.241 e. The van der Waals surface area contributed by atoms with Gasteiger partial charge in [0, 0.05) is 11.9 Å². The van der Waals surface area contributed by atoms with Crippen molar-refractivity contribution in [3.05, 3.63) is 41.5 Å². The summed E-state index contributed by atoms with van der Waals surface area (Å²) in [6.07, 6.45) is 3.87. The zero-order valence-corrected chi connectivity index (χ0v) is 12.5. The molecule has 0 saturated carbocycles. The van der Waals surface area contributed by atoms with E-state index in [0.29, 0.717) is 11.4 Å². The van der Waals surface area contributed by atoms with Crippen molar-refractivity contribution in [1.29, 1.82) is 0 Å². The number of nitrogens with one attached hydrogen (secondary N) is 1. The molecule has 1 aliphatic carbocycles. The van der Waals surface area contributed by atoms with Gasteiger partial charge in [-0.3, -0.25) is 0 Å². The zero-order valence-electron chi connectivity index (χ0n) is 11.6. The van der Waals surface area contributed by atoms with Crippen molar-refractivity contribution in [3.8, 4) is 0 Å². The minimum Gasteiger partial charge on any atom is -0.211 e. The van der Waals surface area contributed by atoms with Crippen LogP contribution in [-0.2, 0) is 22.9 Å². The molecule has 2 aromatic carbocycles. The van der Waals surface area contributed by atoms with Crippen LogP contribution in [0.3, 0.4) is 0 Å². The lowest BCUT2D eigenvalue weighted by Crippen LogP contribution is -2.25. The molecule has 0 atom stereocenters. The molecule has 0 heterocycles. The van der Waals surface area contributed by atoms with E-state index in [1.54, 1.807) is 6.07 Å². The predicted octanol–water partition coefficient (Wildman–Crippen LogP) is 3.02. The van der Waals surface area contributed by atoms with E-state index in [0.717, 1.165) is 36.5 Å². The van der Waals surface area contributed by atoms with Crippen molar-refractivity contribution in [2.75, 3.05) is 6.54 Å². The highest BCUT2D eigenvalue weighted by atomic mass is 32.2. The van der Waals surface area contributed by atoms with Crippen molar-refractivity contribution in [2.45, 2.75) is 37.5 Å². The quantitative estimate of drug-likeness (QED) is 0.860. The van der Waals surface area contributed by atoms with Crippen LogP contribution in [0.25, 0.3) is 10.8 Å². The molecule has 0 amide bonds. The van der Waals surface area contributed by atoms with Gasteiger partial charge in [0.05, 0.1) is 4.90 Å². The predicted molar refractivity (Wildman–Crippen MR) is 81.5 cm³/mol. The lowest BCUT2D eigenvalue weighted by Gasteiger charge is -2.10. The van der Waals surface area contributed by atoms with Gasteiger partial charge in [0.25, 0.3) is 0 Å². The molecule has 20 heavy (non-hydrogen) atoms. The molecule has 1 aliphatic rings. The number of sulfonamides is 1. The molecular weight excluding hydrogens is 270 g/mol. The smallest absolute Gasteiger partial charge is 0.211 e. The van der Waals surface area contributed by atoms with Crippen LogP contribution in [0.1, 0.15) is 30.9 Å². The number of unbranched alkanes of at least 4 members (excludes halogenated alkanes) is 1. The molecule has 4 heteroatoms. The maximum absolute atomic E-state index is 12.5. The molecule has 106 valence electrons. The van der Waals surface area contributed by atoms with E-state index < -0.39 is 10.0 Å². The summed E-state index contributed by atoms with van der Waals surface area (Å²) >= 11 is 0. The Morgan fingerprint density at radius 3 is 2.60 bits per heavy atom. The molecule has 0 fully saturated rings. The summed E-state index contributed by atoms with van der Waals surface area (Å²) in [7, 11) is -3.41. The average Bonchev–Trinajstić information content (AvgIpc) is 2.85. The molecule has 3 nitrogen and oxygen atoms in total. The van der Waals surface area contributed by atoms with Gasteiger partial charge in [-0.15, -0.1) is 0 Å². The second-order valence-electron chi connectivity index (χ2n) is 5.31. The Morgan fingerprint density at radius 1 is 1.10 bits per heavy atom. The summed E-state index contributed by atoms with van der Waals surface area (Å²) in [5.41, 5.74) is 2.53. The Bertz CT molecular complexity index is 740. The van der Waals surface area contributed by atoms with Crippen LogP contribution in [0.4, 0.5) is 0 Å². The molecule has 0 spiro atoms. The van der Waals surface area contributed by atoms with Crippen LogP contribution in [0.15, 0.2) is 35.2 Å². The fourth-order valence-corrected chi connectivity index (χ4v) is 4.19. The van der Waals surface area contributed by atoms with E-state index in [2.05, 4.69) is 10.8 Å². The van der Waals surface area contributed by atoms with Gasteiger partial charge in [-0.05, 0) is 41.8 Å². The van der Waals surface area contributed by atoms with Gasteiger partial charge < -0.3 is 0 Å². The first kappa shape index (κ1) is 13.6. The van der Waals surface area contributed by atoms with E-state index in [1.165, 1.54) is 11.1 Å². The zero-order chi connectivity index (χ0) is 14.2. The molecule has 0 radical (unpaired) electrons. The Labute approximate surface area is 120 Å². The van der Waals surface area contributed by atoms with Crippen molar-refractivity contribution in [1.82, 2.24) is 4.72 Å². The van der Waals surface area contributed by atoms with Crippen LogP contribution >= 0.6 is 0 Å². The lowest BCUT2D eigenvalue weighted by molar-refractivity contribution is 0.579. The summed E-state index contributed by atoms with van der Waals surface area (Å²) in [4.78, 5) is 0.413. The Morgan fingerprint density at radius 2 is 1.85 bits per heavy atom. The molecule has 1 N–H and O–H groups in total. The topological polar surface area (TPSA) is 46.2 Å². The number of aryl methyl sites for hydroxylation is 2. The monoisotopic (exact) mass is 289 g/mol. The second kappa shape index (κ2) is 5.19. The largest absolute Gasteiger partial charge is 0.241 e. The summed E-state index contributed by atoms with van der Waals surface area (Å²) in [5.74, 6) is 0. The minimum absolute atomic E-state index is 0.413. The van der Waals surface area contributed by atoms with Crippen molar-refractivity contribution in [2.24, 2.45) is 0 Å². The highest BCUT2D eigenvalue weighted by Gasteiger charge is 2.21. The summed E-state index contributed by atoms with van der Waals surface area (Å²) in [5, 5.41) is 2.01. The van der Waals surface area contributed by atoms with E-state index in [9.17, 15) is 8.42 Å². The molecule has 0 aromatic heterocycles. The van der Waals surface area contributed by atoms with Crippen molar-refractivity contribution >= 4 is 20.8 Å². The van der Waals surface area contributed by atoms with Crippen LogP contribution < -0.4 is 4.72 Å². The fraction of sp³-hybridized carbons (Fsp3) is 0.375. The van der Waals surface area contributed by atoms with Gasteiger partial charge in [-0.1, -0.05) is 37.6 Å². The second-order valence-corrected chi connectivity index (χ2v) is 7.05. The van der Waals surface area contributed by atoms with Crippen molar-refractivity contribution in [3.63, 3.8) is 0 Å². The summed E-state index contributed by atoms with van der Waals surface area (Å²) < 4.78 is 27.6. The third-order valence-corrected chi connectivity index (χ3v) is 5.47. The first-order chi connectivity index (χ1) is 9.63. The number of rotatable bonds is 5. The highest BCUT2D eigenvalue weighted by molar-refractivity contribution is 7.89. The van der Waals surface area contributed by atoms with Gasteiger partial charge in [0.2, 0.25) is 10.0 Å². The van der Waals surface area contributed by atoms with Gasteiger partial charge in [0.15, 0.2) is 0 Å². The van der Waals surface area contributed by atoms with Crippen LogP contribution in [0.2, 0.25) is 0 Å². The average molecular weight is 289 g/mol. The maximum atomic E-state index is 12.5. The van der Waals surface area contributed by atoms with E-state index in [1.807, 2.05) is 25.1 Å². The van der Waals surface area contributed by atoms with Crippen LogP contribution in [0.5, 0.6) is 0 Å². The SMILES string of the molecule is CCCCNS(=O)(=O)c1ccc2c3c(cccc13)CC2. The lowest BCUT2D eigenvalue weighted by atomic mass is 10.1. The first-order valence-electron chi connectivity index (χ1n) is 7.16. The Balaban J connectivity index is 2.09. The normalized spacial score (nSPS) is 14.1. The molecule has 3 rings (SSSR count).